The number of hydrogen-bond donors (Lipinski definition) is 4. The Balaban J connectivity index is 1.58. The second kappa shape index (κ2) is 13.6. The van der Waals surface area contributed by atoms with E-state index < -0.39 is 18.2 Å². The average Bonchev–Trinajstić information content (AvgIpc) is 2.99. The molecule has 4 N–H and O–H groups in total. The van der Waals surface area contributed by atoms with Gasteiger partial charge >= 0.3 is 12.1 Å². The number of nitrogens with one attached hydrogen (secondary N) is 3. The predicted molar refractivity (Wildman–Crippen MR) is 165 cm³/mol. The fraction of sp³-hybridized carbons (Fsp3) is 0.406. The number of fused-ring (bicyclic) bond motifs is 2. The van der Waals surface area contributed by atoms with Gasteiger partial charge in [-0.25, -0.2) is 9.59 Å². The minimum Gasteiger partial charge on any atom is -0.488 e. The lowest BCUT2D eigenvalue weighted by Crippen LogP contribution is -2.49. The summed E-state index contributed by atoms with van der Waals surface area (Å²) in [5.41, 5.74) is 1.79. The van der Waals surface area contributed by atoms with Crippen LogP contribution < -0.4 is 20.7 Å². The van der Waals surface area contributed by atoms with Crippen LogP contribution in [-0.4, -0.2) is 77.8 Å². The van der Waals surface area contributed by atoms with Crippen molar-refractivity contribution in [3.63, 3.8) is 0 Å². The Hall–Kier alpha value is -4.31. The van der Waals surface area contributed by atoms with E-state index in [0.717, 1.165) is 10.8 Å². The van der Waals surface area contributed by atoms with Gasteiger partial charge in [0.1, 0.15) is 11.9 Å². The number of rotatable bonds is 7. The summed E-state index contributed by atoms with van der Waals surface area (Å²) in [4.78, 5) is 42.3. The Labute approximate surface area is 247 Å². The maximum Gasteiger partial charge on any atom is 0.323 e. The molecule has 0 bridgehead atoms. The van der Waals surface area contributed by atoms with E-state index in [1.54, 1.807) is 42.0 Å². The van der Waals surface area contributed by atoms with Gasteiger partial charge in [-0.05, 0) is 50.4 Å². The Morgan fingerprint density at radius 3 is 2.55 bits per heavy atom. The van der Waals surface area contributed by atoms with Gasteiger partial charge in [0.15, 0.2) is 0 Å². The Morgan fingerprint density at radius 1 is 1.07 bits per heavy atom. The third-order valence-electron chi connectivity index (χ3n) is 7.42. The highest BCUT2D eigenvalue weighted by Gasteiger charge is 2.32. The highest BCUT2D eigenvalue weighted by molar-refractivity contribution is 6.06. The van der Waals surface area contributed by atoms with E-state index in [2.05, 4.69) is 16.0 Å². The lowest BCUT2D eigenvalue weighted by molar-refractivity contribution is -0.134. The van der Waals surface area contributed by atoms with Crippen molar-refractivity contribution < 1.29 is 24.2 Å². The van der Waals surface area contributed by atoms with Gasteiger partial charge in [0.2, 0.25) is 5.91 Å². The van der Waals surface area contributed by atoms with E-state index in [0.29, 0.717) is 35.8 Å². The molecule has 3 atom stereocenters. The van der Waals surface area contributed by atoms with Crippen LogP contribution in [-0.2, 0) is 11.2 Å². The van der Waals surface area contributed by atoms with Crippen LogP contribution in [0.25, 0.3) is 10.8 Å². The molecular weight excluding hydrogens is 534 g/mol. The number of likely N-dealkylation sites (N-methyl/N-ethyl adjacent to an activating group) is 1. The fourth-order valence-electron chi connectivity index (χ4n) is 5.05. The van der Waals surface area contributed by atoms with Crippen LogP contribution in [0.4, 0.5) is 21.0 Å². The highest BCUT2D eigenvalue weighted by atomic mass is 16.5. The van der Waals surface area contributed by atoms with Crippen molar-refractivity contribution in [3.05, 3.63) is 66.2 Å². The van der Waals surface area contributed by atoms with Gasteiger partial charge in [-0.2, -0.15) is 0 Å². The highest BCUT2D eigenvalue weighted by Crippen LogP contribution is 2.30. The number of anilines is 2. The first-order valence-electron chi connectivity index (χ1n) is 14.3. The summed E-state index contributed by atoms with van der Waals surface area (Å²) in [5, 5.41) is 20.5. The van der Waals surface area contributed by atoms with E-state index in [9.17, 15) is 19.5 Å². The summed E-state index contributed by atoms with van der Waals surface area (Å²) in [7, 11) is 1.71. The van der Waals surface area contributed by atoms with Crippen LogP contribution in [0.1, 0.15) is 33.3 Å². The number of hydrogen-bond acceptors (Lipinski definition) is 5. The predicted octanol–water partition coefficient (Wildman–Crippen LogP) is 4.68. The molecular formula is C32H41N5O5. The molecule has 10 nitrogen and oxygen atoms in total. The number of amides is 5. The van der Waals surface area contributed by atoms with Crippen LogP contribution in [0, 0.1) is 5.92 Å². The molecule has 224 valence electrons. The summed E-state index contributed by atoms with van der Waals surface area (Å²) in [6, 6.07) is 17.7. The van der Waals surface area contributed by atoms with Gasteiger partial charge < -0.3 is 35.6 Å². The van der Waals surface area contributed by atoms with E-state index in [4.69, 9.17) is 4.74 Å². The van der Waals surface area contributed by atoms with Gasteiger partial charge in [0, 0.05) is 42.2 Å². The van der Waals surface area contributed by atoms with Crippen molar-refractivity contribution in [1.29, 1.82) is 0 Å². The molecule has 0 aromatic heterocycles. The maximum atomic E-state index is 13.5. The summed E-state index contributed by atoms with van der Waals surface area (Å²) in [5.74, 6) is 0.209. The number of carbonyl (C=O) groups is 3. The van der Waals surface area contributed by atoms with Crippen molar-refractivity contribution in [2.75, 3.05) is 37.4 Å². The SMILES string of the molecule is CC(C)NC(=O)N(C)C[C@H]1Oc2ccc(NC(=O)Nc3cccc4ccccc34)cc2CC(=O)N([C@H](C)CO)C[C@H]1C. The van der Waals surface area contributed by atoms with Crippen molar-refractivity contribution in [2.45, 2.75) is 52.3 Å². The third-order valence-corrected chi connectivity index (χ3v) is 7.42. The number of carbonyl (C=O) groups excluding carboxylic acids is 3. The number of benzene rings is 3. The molecule has 4 rings (SSSR count). The number of urea groups is 2. The van der Waals surface area contributed by atoms with Crippen molar-refractivity contribution in [2.24, 2.45) is 5.92 Å². The molecule has 42 heavy (non-hydrogen) atoms. The summed E-state index contributed by atoms with van der Waals surface area (Å²) >= 11 is 0. The van der Waals surface area contributed by atoms with Crippen LogP contribution >= 0.6 is 0 Å². The lowest BCUT2D eigenvalue weighted by Gasteiger charge is -2.34. The zero-order valence-electron chi connectivity index (χ0n) is 24.9. The molecule has 1 heterocycles. The van der Waals surface area contributed by atoms with Gasteiger partial charge in [0.25, 0.3) is 0 Å². The molecule has 3 aromatic carbocycles. The van der Waals surface area contributed by atoms with Gasteiger partial charge in [-0.15, -0.1) is 0 Å². The first-order chi connectivity index (χ1) is 20.0. The smallest absolute Gasteiger partial charge is 0.323 e. The number of aliphatic hydroxyl groups excluding tert-OH is 1. The molecule has 0 spiro atoms. The monoisotopic (exact) mass is 575 g/mol. The fourth-order valence-corrected chi connectivity index (χ4v) is 5.05. The van der Waals surface area contributed by atoms with Crippen molar-refractivity contribution in [3.8, 4) is 5.75 Å². The molecule has 1 aliphatic rings. The van der Waals surface area contributed by atoms with E-state index in [-0.39, 0.29) is 36.9 Å². The Morgan fingerprint density at radius 2 is 1.81 bits per heavy atom. The van der Waals surface area contributed by atoms with E-state index in [1.807, 2.05) is 63.2 Å². The minimum atomic E-state index is -0.431. The summed E-state index contributed by atoms with van der Waals surface area (Å²) in [6.45, 7) is 8.05. The zero-order valence-corrected chi connectivity index (χ0v) is 24.9. The summed E-state index contributed by atoms with van der Waals surface area (Å²) < 4.78 is 6.48. The third kappa shape index (κ3) is 7.50. The van der Waals surface area contributed by atoms with E-state index in [1.165, 1.54) is 0 Å². The molecule has 1 aliphatic heterocycles. The molecule has 10 heteroatoms. The second-order valence-electron chi connectivity index (χ2n) is 11.3. The van der Waals surface area contributed by atoms with Gasteiger partial charge in [-0.1, -0.05) is 43.3 Å². The lowest BCUT2D eigenvalue weighted by atomic mass is 10.0. The molecule has 0 saturated heterocycles. The standard InChI is InChI=1S/C32H41N5O5/c1-20(2)33-32(41)36(5)18-29-21(3)17-37(22(4)19-38)30(39)16-24-15-25(13-14-28(24)42-29)34-31(40)35-27-12-8-10-23-9-6-7-11-26(23)27/h6-15,20-22,29,38H,16-19H2,1-5H3,(H,33,41)(H2,34,35,40)/t21-,22-,29-/m1/s1. The molecule has 0 unspecified atom stereocenters. The topological polar surface area (TPSA) is 123 Å². The molecule has 5 amide bonds. The van der Waals surface area contributed by atoms with Crippen LogP contribution in [0.3, 0.4) is 0 Å². The van der Waals surface area contributed by atoms with Gasteiger partial charge in [-0.3, -0.25) is 4.79 Å². The van der Waals surface area contributed by atoms with E-state index >= 15 is 0 Å². The molecule has 0 fully saturated rings. The van der Waals surface area contributed by atoms with Gasteiger partial charge in [0.05, 0.1) is 31.3 Å². The quantitative estimate of drug-likeness (QED) is 0.326. The average molecular weight is 576 g/mol. The number of aliphatic hydroxyl groups is 1. The van der Waals surface area contributed by atoms with Crippen molar-refractivity contribution >= 4 is 40.1 Å². The number of nitrogens with zero attached hydrogens (tertiary/aromatic N) is 2. The summed E-state index contributed by atoms with van der Waals surface area (Å²) in [6.07, 6.45) is -0.400. The maximum absolute atomic E-state index is 13.5. The normalized spacial score (nSPS) is 17.8. The van der Waals surface area contributed by atoms with Crippen molar-refractivity contribution in [1.82, 2.24) is 15.1 Å². The Kier molecular flexibility index (Phi) is 9.90. The molecule has 0 aliphatic carbocycles. The largest absolute Gasteiger partial charge is 0.488 e. The molecule has 0 saturated carbocycles. The minimum absolute atomic E-state index is 0.0122. The van der Waals surface area contributed by atoms with Crippen LogP contribution in [0.5, 0.6) is 5.75 Å². The number of ether oxygens (including phenoxy) is 1. The zero-order chi connectivity index (χ0) is 30.4. The Bertz CT molecular complexity index is 1420. The molecule has 3 aromatic rings. The molecule has 0 radical (unpaired) electrons. The van der Waals surface area contributed by atoms with Crippen LogP contribution in [0.15, 0.2) is 60.7 Å². The first kappa shape index (κ1) is 30.6. The first-order valence-corrected chi connectivity index (χ1v) is 14.3. The van der Waals surface area contributed by atoms with Crippen LogP contribution in [0.2, 0.25) is 0 Å². The second-order valence-corrected chi connectivity index (χ2v) is 11.3.